The Bertz CT molecular complexity index is 456. The fraction of sp³-hybridized carbons (Fsp3) is 0.529. The zero-order valence-corrected chi connectivity index (χ0v) is 11.4. The number of hydrogen-bond donors (Lipinski definition) is 1. The van der Waals surface area contributed by atoms with Crippen LogP contribution < -0.4 is 0 Å². The highest BCUT2D eigenvalue weighted by Gasteiger charge is 2.26. The average Bonchev–Trinajstić information content (AvgIpc) is 2.38. The van der Waals surface area contributed by atoms with Gasteiger partial charge in [-0.15, -0.1) is 0 Å². The van der Waals surface area contributed by atoms with Crippen molar-refractivity contribution in [2.45, 2.75) is 57.5 Å². The van der Waals surface area contributed by atoms with Crippen molar-refractivity contribution in [1.29, 1.82) is 0 Å². The van der Waals surface area contributed by atoms with Crippen LogP contribution in [0.5, 0.6) is 0 Å². The number of benzene rings is 1. The lowest BCUT2D eigenvalue weighted by Crippen LogP contribution is -2.29. The summed E-state index contributed by atoms with van der Waals surface area (Å²) in [6.07, 6.45) is 5.06. The van der Waals surface area contributed by atoms with Crippen LogP contribution in [0.1, 0.15) is 63.0 Å². The van der Waals surface area contributed by atoms with Crippen molar-refractivity contribution in [3.63, 3.8) is 0 Å². The lowest BCUT2D eigenvalue weighted by Gasteiger charge is -2.26. The highest BCUT2D eigenvalue weighted by Crippen LogP contribution is 2.27. The molecular weight excluding hydrogens is 220 g/mol. The van der Waals surface area contributed by atoms with E-state index in [2.05, 4.69) is 37.8 Å². The van der Waals surface area contributed by atoms with Gasteiger partial charge >= 0.3 is 0 Å². The molecule has 1 aromatic carbocycles. The molecule has 0 amide bonds. The maximum absolute atomic E-state index is 10.3. The fourth-order valence-corrected chi connectivity index (χ4v) is 2.43. The Hall–Kier alpha value is -1.26. The van der Waals surface area contributed by atoms with Crippen molar-refractivity contribution in [3.05, 3.63) is 35.4 Å². The van der Waals surface area contributed by atoms with Crippen LogP contribution >= 0.6 is 0 Å². The third kappa shape index (κ3) is 3.37. The summed E-state index contributed by atoms with van der Waals surface area (Å²) in [4.78, 5) is 0. The van der Waals surface area contributed by atoms with Crippen molar-refractivity contribution in [2.75, 3.05) is 0 Å². The van der Waals surface area contributed by atoms with E-state index in [0.29, 0.717) is 5.92 Å². The zero-order valence-electron chi connectivity index (χ0n) is 11.4. The van der Waals surface area contributed by atoms with E-state index in [1.807, 2.05) is 12.1 Å². The standard InChI is InChI=1S/C17H22O/c1-14(2)16-8-6-7-15(13-16)9-12-17(18)10-4-3-5-11-17/h6-8,13-14,18H,3-5,10-11H2,1-2H3. The number of aliphatic hydroxyl groups is 1. The number of rotatable bonds is 1. The Kier molecular flexibility index (Phi) is 4.09. The minimum absolute atomic E-state index is 0.518. The molecule has 96 valence electrons. The summed E-state index contributed by atoms with van der Waals surface area (Å²) in [5.41, 5.74) is 1.57. The molecule has 1 fully saturated rings. The van der Waals surface area contributed by atoms with Crippen LogP contribution in [-0.2, 0) is 0 Å². The Morgan fingerprint density at radius 2 is 1.89 bits per heavy atom. The first-order chi connectivity index (χ1) is 8.59. The molecule has 0 atom stereocenters. The van der Waals surface area contributed by atoms with Crippen molar-refractivity contribution >= 4 is 0 Å². The highest BCUT2D eigenvalue weighted by molar-refractivity contribution is 5.39. The first kappa shape index (κ1) is 13.2. The second-order valence-electron chi connectivity index (χ2n) is 5.62. The molecule has 18 heavy (non-hydrogen) atoms. The maximum atomic E-state index is 10.3. The smallest absolute Gasteiger partial charge is 0.125 e. The summed E-state index contributed by atoms with van der Waals surface area (Å²) in [6.45, 7) is 4.36. The second-order valence-corrected chi connectivity index (χ2v) is 5.62. The van der Waals surface area contributed by atoms with Gasteiger partial charge in [0.2, 0.25) is 0 Å². The lowest BCUT2D eigenvalue weighted by atomic mass is 9.85. The van der Waals surface area contributed by atoms with Crippen molar-refractivity contribution in [3.8, 4) is 11.8 Å². The van der Waals surface area contributed by atoms with Gasteiger partial charge in [0, 0.05) is 5.56 Å². The van der Waals surface area contributed by atoms with Gasteiger partial charge < -0.3 is 5.11 Å². The molecule has 0 spiro atoms. The molecule has 1 saturated carbocycles. The van der Waals surface area contributed by atoms with E-state index in [0.717, 1.165) is 31.2 Å². The normalized spacial score (nSPS) is 18.2. The maximum Gasteiger partial charge on any atom is 0.125 e. The minimum atomic E-state index is -0.744. The largest absolute Gasteiger partial charge is 0.378 e. The summed E-state index contributed by atoms with van der Waals surface area (Å²) in [5.74, 6) is 6.75. The zero-order chi connectivity index (χ0) is 13.0. The molecule has 0 heterocycles. The summed E-state index contributed by atoms with van der Waals surface area (Å²) in [7, 11) is 0. The van der Waals surface area contributed by atoms with Crippen LogP contribution in [0.3, 0.4) is 0 Å². The summed E-state index contributed by atoms with van der Waals surface area (Å²) in [5, 5.41) is 10.3. The third-order valence-electron chi connectivity index (χ3n) is 3.67. The molecule has 1 N–H and O–H groups in total. The van der Waals surface area contributed by atoms with Crippen LogP contribution in [0.2, 0.25) is 0 Å². The van der Waals surface area contributed by atoms with Gasteiger partial charge in [0.25, 0.3) is 0 Å². The van der Waals surface area contributed by atoms with Crippen LogP contribution in [0.25, 0.3) is 0 Å². The molecular formula is C17H22O. The molecule has 0 bridgehead atoms. The molecule has 0 radical (unpaired) electrons. The minimum Gasteiger partial charge on any atom is -0.378 e. The van der Waals surface area contributed by atoms with Crippen molar-refractivity contribution in [2.24, 2.45) is 0 Å². The SMILES string of the molecule is CC(C)c1cccc(C#CC2(O)CCCCC2)c1. The van der Waals surface area contributed by atoms with Gasteiger partial charge in [-0.05, 0) is 49.3 Å². The molecule has 1 aliphatic carbocycles. The summed E-state index contributed by atoms with van der Waals surface area (Å²) in [6, 6.07) is 8.32. The van der Waals surface area contributed by atoms with E-state index < -0.39 is 5.60 Å². The third-order valence-corrected chi connectivity index (χ3v) is 3.67. The van der Waals surface area contributed by atoms with Gasteiger partial charge in [0.1, 0.15) is 5.60 Å². The van der Waals surface area contributed by atoms with Crippen LogP contribution in [0.4, 0.5) is 0 Å². The van der Waals surface area contributed by atoms with Gasteiger partial charge in [0.05, 0.1) is 0 Å². The van der Waals surface area contributed by atoms with E-state index in [4.69, 9.17) is 0 Å². The quantitative estimate of drug-likeness (QED) is 0.741. The Labute approximate surface area is 110 Å². The van der Waals surface area contributed by atoms with Gasteiger partial charge in [-0.3, -0.25) is 0 Å². The van der Waals surface area contributed by atoms with Gasteiger partial charge in [-0.1, -0.05) is 44.2 Å². The lowest BCUT2D eigenvalue weighted by molar-refractivity contribution is 0.0610. The summed E-state index contributed by atoms with van der Waals surface area (Å²) >= 11 is 0. The van der Waals surface area contributed by atoms with E-state index in [1.54, 1.807) is 0 Å². The molecule has 0 unspecified atom stereocenters. The van der Waals surface area contributed by atoms with Gasteiger partial charge in [-0.2, -0.15) is 0 Å². The molecule has 1 aliphatic rings. The van der Waals surface area contributed by atoms with Gasteiger partial charge in [0.15, 0.2) is 0 Å². The van der Waals surface area contributed by atoms with Crippen LogP contribution in [0, 0.1) is 11.8 Å². The predicted molar refractivity (Wildman–Crippen MR) is 75.4 cm³/mol. The van der Waals surface area contributed by atoms with Crippen LogP contribution in [0.15, 0.2) is 24.3 Å². The molecule has 0 aromatic heterocycles. The molecule has 0 saturated heterocycles. The predicted octanol–water partition coefficient (Wildman–Crippen LogP) is 3.86. The van der Waals surface area contributed by atoms with E-state index in [9.17, 15) is 5.11 Å². The second kappa shape index (κ2) is 5.59. The van der Waals surface area contributed by atoms with E-state index >= 15 is 0 Å². The van der Waals surface area contributed by atoms with Crippen LogP contribution in [-0.4, -0.2) is 10.7 Å². The first-order valence-corrected chi connectivity index (χ1v) is 6.95. The van der Waals surface area contributed by atoms with E-state index in [1.165, 1.54) is 12.0 Å². The Morgan fingerprint density at radius 3 is 2.56 bits per heavy atom. The number of hydrogen-bond acceptors (Lipinski definition) is 1. The highest BCUT2D eigenvalue weighted by atomic mass is 16.3. The molecule has 2 rings (SSSR count). The molecule has 0 aliphatic heterocycles. The molecule has 1 aromatic rings. The molecule has 1 nitrogen and oxygen atoms in total. The fourth-order valence-electron chi connectivity index (χ4n) is 2.43. The molecule has 1 heteroatoms. The van der Waals surface area contributed by atoms with Crippen molar-refractivity contribution in [1.82, 2.24) is 0 Å². The Morgan fingerprint density at radius 1 is 1.17 bits per heavy atom. The van der Waals surface area contributed by atoms with E-state index in [-0.39, 0.29) is 0 Å². The first-order valence-electron chi connectivity index (χ1n) is 6.95. The monoisotopic (exact) mass is 242 g/mol. The Balaban J connectivity index is 2.16. The van der Waals surface area contributed by atoms with Crippen molar-refractivity contribution < 1.29 is 5.11 Å². The summed E-state index contributed by atoms with van der Waals surface area (Å²) < 4.78 is 0. The average molecular weight is 242 g/mol. The topological polar surface area (TPSA) is 20.2 Å². The van der Waals surface area contributed by atoms with Gasteiger partial charge in [-0.25, -0.2) is 0 Å².